The van der Waals surface area contributed by atoms with Crippen LogP contribution in [-0.2, 0) is 0 Å². The molecule has 0 saturated heterocycles. The van der Waals surface area contributed by atoms with Gasteiger partial charge in [-0.05, 0) is 18.2 Å². The number of benzene rings is 1. The Hall–Kier alpha value is -2.08. The van der Waals surface area contributed by atoms with Crippen molar-refractivity contribution >= 4 is 22.7 Å². The van der Waals surface area contributed by atoms with E-state index in [-0.39, 0.29) is 0 Å². The molecule has 0 bridgehead atoms. The van der Waals surface area contributed by atoms with Crippen molar-refractivity contribution in [3.05, 3.63) is 35.3 Å². The summed E-state index contributed by atoms with van der Waals surface area (Å²) in [6, 6.07) is 5.53. The molecule has 0 aliphatic carbocycles. The van der Waals surface area contributed by atoms with Gasteiger partial charge in [0.2, 0.25) is 5.13 Å². The molecule has 0 fully saturated rings. The first kappa shape index (κ1) is 12.4. The summed E-state index contributed by atoms with van der Waals surface area (Å²) in [6.45, 7) is 0. The predicted molar refractivity (Wildman–Crippen MR) is 72.9 cm³/mol. The largest absolute Gasteiger partial charge is 0.497 e. The number of ether oxygens (including phenoxy) is 2. The van der Waals surface area contributed by atoms with Gasteiger partial charge in [-0.2, -0.15) is 5.10 Å². The number of nitrogens with zero attached hydrogens (tertiary/aromatic N) is 2. The average molecular weight is 263 g/mol. The lowest BCUT2D eigenvalue weighted by Crippen LogP contribution is -1.95. The molecular formula is C12H13N3O2S. The molecule has 0 unspecified atom stereocenters. The van der Waals surface area contributed by atoms with Gasteiger partial charge in [0.25, 0.3) is 0 Å². The standard InChI is InChI=1S/C12H13N3O2S/c1-16-10-3-4-11(17-2)9(7-10)8-14-15-12-13-5-6-18-12/h3-8H,1-2H3,(H,13,15). The predicted octanol–water partition coefficient (Wildman–Crippen LogP) is 2.61. The van der Waals surface area contributed by atoms with Crippen molar-refractivity contribution in [1.82, 2.24) is 4.98 Å². The summed E-state index contributed by atoms with van der Waals surface area (Å²) in [5.41, 5.74) is 3.68. The first-order valence-electron chi connectivity index (χ1n) is 5.24. The van der Waals surface area contributed by atoms with Gasteiger partial charge in [0.05, 0.1) is 20.4 Å². The minimum atomic E-state index is 0.737. The van der Waals surface area contributed by atoms with Gasteiger partial charge < -0.3 is 9.47 Å². The average Bonchev–Trinajstić information content (AvgIpc) is 2.92. The monoisotopic (exact) mass is 263 g/mol. The van der Waals surface area contributed by atoms with E-state index in [1.165, 1.54) is 11.3 Å². The van der Waals surface area contributed by atoms with Crippen molar-refractivity contribution in [1.29, 1.82) is 0 Å². The minimum Gasteiger partial charge on any atom is -0.497 e. The van der Waals surface area contributed by atoms with E-state index in [1.54, 1.807) is 26.6 Å². The number of hydrogen-bond donors (Lipinski definition) is 1. The van der Waals surface area contributed by atoms with E-state index in [9.17, 15) is 0 Å². The van der Waals surface area contributed by atoms with E-state index in [0.717, 1.165) is 22.2 Å². The smallest absolute Gasteiger partial charge is 0.203 e. The Morgan fingerprint density at radius 1 is 1.33 bits per heavy atom. The van der Waals surface area contributed by atoms with Crippen LogP contribution >= 0.6 is 11.3 Å². The van der Waals surface area contributed by atoms with Crippen LogP contribution in [0.25, 0.3) is 0 Å². The first-order valence-corrected chi connectivity index (χ1v) is 6.12. The highest BCUT2D eigenvalue weighted by molar-refractivity contribution is 7.13. The van der Waals surface area contributed by atoms with Crippen LogP contribution in [0.5, 0.6) is 11.5 Å². The van der Waals surface area contributed by atoms with Crippen molar-refractivity contribution in [2.24, 2.45) is 5.10 Å². The maximum Gasteiger partial charge on any atom is 0.203 e. The van der Waals surface area contributed by atoms with Gasteiger partial charge in [-0.25, -0.2) is 4.98 Å². The summed E-state index contributed by atoms with van der Waals surface area (Å²) in [5, 5.41) is 6.73. The fourth-order valence-electron chi connectivity index (χ4n) is 1.38. The summed E-state index contributed by atoms with van der Waals surface area (Å²) in [5.74, 6) is 1.49. The second-order valence-corrected chi connectivity index (χ2v) is 4.21. The van der Waals surface area contributed by atoms with Gasteiger partial charge in [-0.3, -0.25) is 5.43 Å². The van der Waals surface area contributed by atoms with Crippen LogP contribution in [0.2, 0.25) is 0 Å². The molecule has 6 heteroatoms. The molecule has 0 saturated carbocycles. The lowest BCUT2D eigenvalue weighted by Gasteiger charge is -2.06. The quantitative estimate of drug-likeness (QED) is 0.665. The van der Waals surface area contributed by atoms with E-state index in [1.807, 2.05) is 23.6 Å². The van der Waals surface area contributed by atoms with Gasteiger partial charge in [-0.15, -0.1) is 11.3 Å². The lowest BCUT2D eigenvalue weighted by molar-refractivity contribution is 0.402. The van der Waals surface area contributed by atoms with Crippen LogP contribution in [0.15, 0.2) is 34.9 Å². The van der Waals surface area contributed by atoms with E-state index < -0.39 is 0 Å². The highest BCUT2D eigenvalue weighted by atomic mass is 32.1. The molecule has 5 nitrogen and oxygen atoms in total. The Morgan fingerprint density at radius 2 is 2.22 bits per heavy atom. The van der Waals surface area contributed by atoms with Crippen LogP contribution in [0.1, 0.15) is 5.56 Å². The molecule has 2 aromatic rings. The normalized spacial score (nSPS) is 10.6. The molecule has 2 rings (SSSR count). The fraction of sp³-hybridized carbons (Fsp3) is 0.167. The number of rotatable bonds is 5. The molecule has 0 aliphatic heterocycles. The summed E-state index contributed by atoms with van der Waals surface area (Å²) < 4.78 is 10.4. The second-order valence-electron chi connectivity index (χ2n) is 3.32. The van der Waals surface area contributed by atoms with Crippen LogP contribution in [0.4, 0.5) is 5.13 Å². The highest BCUT2D eigenvalue weighted by Gasteiger charge is 2.02. The SMILES string of the molecule is COc1ccc(OC)c(C=NNc2nccs2)c1. The Bertz CT molecular complexity index is 526. The zero-order valence-corrected chi connectivity index (χ0v) is 10.9. The van der Waals surface area contributed by atoms with Gasteiger partial charge in [0.15, 0.2) is 0 Å². The molecule has 1 aromatic heterocycles. The Kier molecular flexibility index (Phi) is 4.14. The zero-order valence-electron chi connectivity index (χ0n) is 10.1. The van der Waals surface area contributed by atoms with Crippen molar-refractivity contribution in [3.8, 4) is 11.5 Å². The van der Waals surface area contributed by atoms with E-state index in [0.29, 0.717) is 0 Å². The third-order valence-electron chi connectivity index (χ3n) is 2.23. The number of hydrazone groups is 1. The molecular weight excluding hydrogens is 250 g/mol. The lowest BCUT2D eigenvalue weighted by atomic mass is 10.2. The van der Waals surface area contributed by atoms with Crippen LogP contribution < -0.4 is 14.9 Å². The van der Waals surface area contributed by atoms with Gasteiger partial charge in [-0.1, -0.05) is 0 Å². The summed E-state index contributed by atoms with van der Waals surface area (Å²) in [4.78, 5) is 4.06. The molecule has 0 radical (unpaired) electrons. The van der Waals surface area contributed by atoms with E-state index in [2.05, 4.69) is 15.5 Å². The third-order valence-corrected chi connectivity index (χ3v) is 2.91. The minimum absolute atomic E-state index is 0.737. The molecule has 0 atom stereocenters. The summed E-state index contributed by atoms with van der Waals surface area (Å²) in [7, 11) is 3.24. The number of hydrogen-bond acceptors (Lipinski definition) is 6. The maximum absolute atomic E-state index is 5.24. The Morgan fingerprint density at radius 3 is 2.89 bits per heavy atom. The molecule has 94 valence electrons. The van der Waals surface area contributed by atoms with Crippen molar-refractivity contribution in [2.45, 2.75) is 0 Å². The number of thiazole rings is 1. The summed E-state index contributed by atoms with van der Waals surface area (Å²) in [6.07, 6.45) is 3.39. The van der Waals surface area contributed by atoms with Gasteiger partial charge >= 0.3 is 0 Å². The van der Waals surface area contributed by atoms with E-state index >= 15 is 0 Å². The topological polar surface area (TPSA) is 55.7 Å². The molecule has 1 N–H and O–H groups in total. The molecule has 0 aliphatic rings. The van der Waals surface area contributed by atoms with Gasteiger partial charge in [0.1, 0.15) is 11.5 Å². The zero-order chi connectivity index (χ0) is 12.8. The number of anilines is 1. The summed E-state index contributed by atoms with van der Waals surface area (Å²) >= 11 is 1.48. The number of aromatic nitrogens is 1. The molecule has 1 heterocycles. The molecule has 0 amide bonds. The van der Waals surface area contributed by atoms with Crippen LogP contribution in [0, 0.1) is 0 Å². The Balaban J connectivity index is 2.13. The van der Waals surface area contributed by atoms with Gasteiger partial charge in [0, 0.05) is 17.1 Å². The van der Waals surface area contributed by atoms with Crippen LogP contribution in [0.3, 0.4) is 0 Å². The fourth-order valence-corrected chi connectivity index (χ4v) is 1.85. The maximum atomic E-state index is 5.24. The number of methoxy groups -OCH3 is 2. The third kappa shape index (κ3) is 2.98. The number of nitrogens with one attached hydrogen (secondary N) is 1. The van der Waals surface area contributed by atoms with Crippen molar-refractivity contribution in [3.63, 3.8) is 0 Å². The van der Waals surface area contributed by atoms with Crippen molar-refractivity contribution < 1.29 is 9.47 Å². The Labute approximate surface area is 109 Å². The second kappa shape index (κ2) is 6.02. The first-order chi connectivity index (χ1) is 8.83. The highest BCUT2D eigenvalue weighted by Crippen LogP contribution is 2.22. The molecule has 1 aromatic carbocycles. The van der Waals surface area contributed by atoms with Crippen LogP contribution in [-0.4, -0.2) is 25.4 Å². The molecule has 18 heavy (non-hydrogen) atoms. The van der Waals surface area contributed by atoms with E-state index in [4.69, 9.17) is 9.47 Å². The molecule has 0 spiro atoms. The van der Waals surface area contributed by atoms with Crippen molar-refractivity contribution in [2.75, 3.05) is 19.6 Å².